The average Bonchev–Trinajstić information content (AvgIpc) is 2.92. The van der Waals surface area contributed by atoms with Crippen molar-refractivity contribution in [2.75, 3.05) is 0 Å². The molecule has 0 unspecified atom stereocenters. The Morgan fingerprint density at radius 3 is 2.79 bits per heavy atom. The summed E-state index contributed by atoms with van der Waals surface area (Å²) in [5.41, 5.74) is 0.428. The Morgan fingerprint density at radius 2 is 2.08 bits per heavy atom. The summed E-state index contributed by atoms with van der Waals surface area (Å²) in [6.07, 6.45) is 2.13. The number of aromatic nitrogens is 4. The van der Waals surface area contributed by atoms with Crippen molar-refractivity contribution in [1.29, 1.82) is 0 Å². The van der Waals surface area contributed by atoms with Gasteiger partial charge in [0.05, 0.1) is 10.9 Å². The first-order valence-corrected chi connectivity index (χ1v) is 8.17. The van der Waals surface area contributed by atoms with E-state index >= 15 is 0 Å². The Hall–Kier alpha value is -2.68. The molecule has 0 saturated heterocycles. The number of nitro groups is 1. The van der Waals surface area contributed by atoms with Crippen molar-refractivity contribution in [3.63, 3.8) is 0 Å². The normalized spacial score (nSPS) is 11.1. The Balaban J connectivity index is 2.19. The first-order chi connectivity index (χ1) is 11.5. The number of para-hydroxylation sites is 1. The summed E-state index contributed by atoms with van der Waals surface area (Å²) >= 11 is 1.08. The van der Waals surface area contributed by atoms with Gasteiger partial charge in [-0.15, -0.1) is 0 Å². The molecule has 0 fully saturated rings. The Kier molecular flexibility index (Phi) is 4.34. The number of fused-ring (bicyclic) bond motifs is 1. The molecule has 0 radical (unpaired) electrons. The summed E-state index contributed by atoms with van der Waals surface area (Å²) in [4.78, 5) is 31.7. The fourth-order valence-electron chi connectivity index (χ4n) is 2.38. The van der Waals surface area contributed by atoms with Crippen LogP contribution >= 0.6 is 11.8 Å². The Labute approximate surface area is 141 Å². The highest BCUT2D eigenvalue weighted by Crippen LogP contribution is 2.32. The smallest absolute Gasteiger partial charge is 0.358 e. The molecular weight excluding hydrogens is 330 g/mol. The number of benzene rings is 1. The molecule has 0 saturated carbocycles. The van der Waals surface area contributed by atoms with Gasteiger partial charge in [0.15, 0.2) is 10.2 Å². The number of rotatable bonds is 5. The van der Waals surface area contributed by atoms with Gasteiger partial charge in [-0.05, 0) is 40.2 Å². The van der Waals surface area contributed by atoms with Crippen LogP contribution in [0.15, 0.2) is 45.6 Å². The molecule has 0 bridgehead atoms. The van der Waals surface area contributed by atoms with Crippen molar-refractivity contribution in [3.8, 4) is 0 Å². The van der Waals surface area contributed by atoms with E-state index in [-0.39, 0.29) is 11.4 Å². The zero-order chi connectivity index (χ0) is 17.3. The summed E-state index contributed by atoms with van der Waals surface area (Å²) < 4.78 is 3.12. The largest absolute Gasteiger partial charge is 0.396 e. The van der Waals surface area contributed by atoms with Gasteiger partial charge in [-0.25, -0.2) is 4.98 Å². The third-order valence-corrected chi connectivity index (χ3v) is 4.66. The quantitative estimate of drug-likeness (QED) is 0.401. The van der Waals surface area contributed by atoms with Crippen LogP contribution in [-0.2, 0) is 13.6 Å². The van der Waals surface area contributed by atoms with Crippen molar-refractivity contribution < 1.29 is 4.92 Å². The van der Waals surface area contributed by atoms with Gasteiger partial charge in [0.25, 0.3) is 5.56 Å². The molecule has 124 valence electrons. The molecule has 0 aliphatic carbocycles. The summed E-state index contributed by atoms with van der Waals surface area (Å²) in [5.74, 6) is -0.243. The maximum atomic E-state index is 12.7. The van der Waals surface area contributed by atoms with Crippen LogP contribution in [0.1, 0.15) is 13.3 Å². The summed E-state index contributed by atoms with van der Waals surface area (Å²) in [6, 6.07) is 7.09. The molecule has 1 aromatic carbocycles. The molecule has 2 heterocycles. The minimum atomic E-state index is -0.536. The molecule has 3 aromatic rings. The fourth-order valence-corrected chi connectivity index (χ4v) is 3.39. The third-order valence-electron chi connectivity index (χ3n) is 3.50. The Bertz CT molecular complexity index is 979. The molecular formula is C15H15N5O3S. The first kappa shape index (κ1) is 16.2. The lowest BCUT2D eigenvalue weighted by atomic mass is 10.2. The molecule has 0 spiro atoms. The van der Waals surface area contributed by atoms with Gasteiger partial charge in [0.2, 0.25) is 6.33 Å². The molecule has 2 aromatic heterocycles. The van der Waals surface area contributed by atoms with E-state index < -0.39 is 4.92 Å². The minimum absolute atomic E-state index is 0.144. The van der Waals surface area contributed by atoms with Crippen LogP contribution < -0.4 is 5.56 Å². The van der Waals surface area contributed by atoms with Gasteiger partial charge in [-0.2, -0.15) is 0 Å². The molecule has 24 heavy (non-hydrogen) atoms. The summed E-state index contributed by atoms with van der Waals surface area (Å²) in [7, 11) is 1.67. The topological polar surface area (TPSA) is 95.8 Å². The van der Waals surface area contributed by atoms with Crippen LogP contribution in [0.2, 0.25) is 0 Å². The molecule has 8 nitrogen and oxygen atoms in total. The highest BCUT2D eigenvalue weighted by molar-refractivity contribution is 7.99. The van der Waals surface area contributed by atoms with E-state index in [2.05, 4.69) is 9.97 Å². The molecule has 0 N–H and O–H groups in total. The molecule has 9 heteroatoms. The van der Waals surface area contributed by atoms with Gasteiger partial charge in [-0.1, -0.05) is 19.1 Å². The van der Waals surface area contributed by atoms with Crippen LogP contribution in [-0.4, -0.2) is 24.0 Å². The lowest BCUT2D eigenvalue weighted by molar-refractivity contribution is -0.392. The second-order valence-electron chi connectivity index (χ2n) is 5.21. The van der Waals surface area contributed by atoms with Gasteiger partial charge < -0.3 is 14.7 Å². The summed E-state index contributed by atoms with van der Waals surface area (Å²) in [5, 5.41) is 12.4. The maximum Gasteiger partial charge on any atom is 0.396 e. The van der Waals surface area contributed by atoms with Crippen molar-refractivity contribution >= 4 is 28.5 Å². The second-order valence-corrected chi connectivity index (χ2v) is 6.17. The van der Waals surface area contributed by atoms with Gasteiger partial charge in [0, 0.05) is 13.6 Å². The summed E-state index contributed by atoms with van der Waals surface area (Å²) in [6.45, 7) is 2.45. The van der Waals surface area contributed by atoms with E-state index in [1.54, 1.807) is 40.4 Å². The molecule has 0 atom stereocenters. The minimum Gasteiger partial charge on any atom is -0.358 e. The van der Waals surface area contributed by atoms with Crippen LogP contribution in [0.3, 0.4) is 0 Å². The molecule has 0 aliphatic rings. The van der Waals surface area contributed by atoms with Crippen molar-refractivity contribution in [2.24, 2.45) is 7.05 Å². The lowest BCUT2D eigenvalue weighted by Gasteiger charge is -2.12. The van der Waals surface area contributed by atoms with E-state index in [1.165, 1.54) is 6.33 Å². The van der Waals surface area contributed by atoms with E-state index in [9.17, 15) is 14.9 Å². The van der Waals surface area contributed by atoms with E-state index in [0.29, 0.717) is 27.6 Å². The highest BCUT2D eigenvalue weighted by atomic mass is 32.2. The van der Waals surface area contributed by atoms with Crippen molar-refractivity contribution in [1.82, 2.24) is 19.1 Å². The lowest BCUT2D eigenvalue weighted by Crippen LogP contribution is -2.23. The van der Waals surface area contributed by atoms with Crippen LogP contribution in [0.5, 0.6) is 0 Å². The van der Waals surface area contributed by atoms with E-state index in [4.69, 9.17) is 0 Å². The standard InChI is InChI=1S/C15H15N5O3S/c1-3-8-19-13(21)10-6-4-5-7-11(10)17-15(19)24-14-12(20(22)23)16-9-18(14)2/h4-7,9H,3,8H2,1-2H3. The van der Waals surface area contributed by atoms with E-state index in [1.807, 2.05) is 6.92 Å². The van der Waals surface area contributed by atoms with Crippen molar-refractivity contribution in [2.45, 2.75) is 30.1 Å². The monoisotopic (exact) mass is 345 g/mol. The fraction of sp³-hybridized carbons (Fsp3) is 0.267. The number of imidazole rings is 1. The first-order valence-electron chi connectivity index (χ1n) is 7.36. The predicted octanol–water partition coefficient (Wildman–Crippen LogP) is 2.60. The van der Waals surface area contributed by atoms with Gasteiger partial charge in [0.1, 0.15) is 0 Å². The number of aryl methyl sites for hydroxylation is 1. The zero-order valence-electron chi connectivity index (χ0n) is 13.2. The number of nitrogens with zero attached hydrogens (tertiary/aromatic N) is 5. The van der Waals surface area contributed by atoms with Crippen molar-refractivity contribution in [3.05, 3.63) is 51.1 Å². The maximum absolute atomic E-state index is 12.7. The average molecular weight is 345 g/mol. The number of hydrogen-bond acceptors (Lipinski definition) is 6. The Morgan fingerprint density at radius 1 is 1.33 bits per heavy atom. The van der Waals surface area contributed by atoms with Gasteiger partial charge in [-0.3, -0.25) is 9.36 Å². The second kappa shape index (κ2) is 6.44. The van der Waals surface area contributed by atoms with Crippen LogP contribution in [0.25, 0.3) is 10.9 Å². The van der Waals surface area contributed by atoms with Crippen LogP contribution in [0.4, 0.5) is 5.82 Å². The molecule has 3 rings (SSSR count). The highest BCUT2D eigenvalue weighted by Gasteiger charge is 2.23. The predicted molar refractivity (Wildman–Crippen MR) is 90.3 cm³/mol. The zero-order valence-corrected chi connectivity index (χ0v) is 14.0. The third kappa shape index (κ3) is 2.78. The van der Waals surface area contributed by atoms with E-state index in [0.717, 1.165) is 18.2 Å². The SMILES string of the molecule is CCCn1c(Sc2c([N+](=O)[O-])ncn2C)nc2ccccc2c1=O. The van der Waals surface area contributed by atoms with Crippen LogP contribution in [0, 0.1) is 10.1 Å². The molecule has 0 aliphatic heterocycles. The van der Waals surface area contributed by atoms with Gasteiger partial charge >= 0.3 is 5.82 Å². The number of hydrogen-bond donors (Lipinski definition) is 0. The molecule has 0 amide bonds.